The third kappa shape index (κ3) is 2.35. The highest BCUT2D eigenvalue weighted by Crippen LogP contribution is 2.36. The normalized spacial score (nSPS) is 14.0. The Bertz CT molecular complexity index is 353. The summed E-state index contributed by atoms with van der Waals surface area (Å²) in [5, 5.41) is 8.95. The van der Waals surface area contributed by atoms with Crippen molar-refractivity contribution in [3.05, 3.63) is 29.3 Å². The molecule has 0 saturated heterocycles. The summed E-state index contributed by atoms with van der Waals surface area (Å²) in [6.45, 7) is 0. The zero-order valence-electron chi connectivity index (χ0n) is 7.15. The minimum atomic E-state index is -4.91. The Morgan fingerprint density at radius 2 is 1.73 bits per heavy atom. The summed E-state index contributed by atoms with van der Waals surface area (Å²) in [5.41, 5.74) is 3.51. The van der Waals surface area contributed by atoms with E-state index in [2.05, 4.69) is 5.73 Å². The second-order valence-corrected chi connectivity index (χ2v) is 2.84. The van der Waals surface area contributed by atoms with Gasteiger partial charge in [-0.05, 0) is 0 Å². The number of benzene rings is 1. The van der Waals surface area contributed by atoms with Gasteiger partial charge in [-0.2, -0.15) is 13.2 Å². The predicted molar refractivity (Wildman–Crippen MR) is 41.0 cm³/mol. The summed E-state index contributed by atoms with van der Waals surface area (Å²) < 4.78 is 61.7. The van der Waals surface area contributed by atoms with Gasteiger partial charge in [0.05, 0.1) is 5.56 Å². The molecule has 0 aromatic heterocycles. The Morgan fingerprint density at radius 1 is 1.20 bits per heavy atom. The van der Waals surface area contributed by atoms with Gasteiger partial charge in [0, 0.05) is 12.1 Å². The van der Waals surface area contributed by atoms with E-state index in [0.29, 0.717) is 6.07 Å². The SMILES string of the molecule is N[C@@H](c1c(O)cc(F)cc1F)C(F)(F)F. The quantitative estimate of drug-likeness (QED) is 0.722. The molecule has 0 aliphatic carbocycles. The first kappa shape index (κ1) is 11.7. The highest BCUT2D eigenvalue weighted by atomic mass is 19.4. The molecular formula is C8H6F5NO. The first-order chi connectivity index (χ1) is 6.73. The summed E-state index contributed by atoms with van der Waals surface area (Å²) in [5.74, 6) is -3.86. The molecule has 15 heavy (non-hydrogen) atoms. The van der Waals surface area contributed by atoms with Crippen LogP contribution in [-0.2, 0) is 0 Å². The monoisotopic (exact) mass is 227 g/mol. The van der Waals surface area contributed by atoms with Crippen LogP contribution in [0.4, 0.5) is 22.0 Å². The van der Waals surface area contributed by atoms with Crippen molar-refractivity contribution in [1.82, 2.24) is 0 Å². The van der Waals surface area contributed by atoms with Crippen LogP contribution in [0.5, 0.6) is 5.75 Å². The van der Waals surface area contributed by atoms with Gasteiger partial charge in [0.25, 0.3) is 0 Å². The van der Waals surface area contributed by atoms with E-state index in [-0.39, 0.29) is 6.07 Å². The lowest BCUT2D eigenvalue weighted by molar-refractivity contribution is -0.150. The van der Waals surface area contributed by atoms with Gasteiger partial charge < -0.3 is 10.8 Å². The smallest absolute Gasteiger partial charge is 0.407 e. The number of phenolic OH excluding ortho intramolecular Hbond substituents is 1. The number of halogens is 5. The van der Waals surface area contributed by atoms with E-state index in [9.17, 15) is 22.0 Å². The van der Waals surface area contributed by atoms with Crippen LogP contribution in [0.1, 0.15) is 11.6 Å². The van der Waals surface area contributed by atoms with Crippen molar-refractivity contribution < 1.29 is 27.1 Å². The summed E-state index contributed by atoms with van der Waals surface area (Å²) in [6, 6.07) is -2.09. The molecule has 0 heterocycles. The molecule has 2 nitrogen and oxygen atoms in total. The minimum Gasteiger partial charge on any atom is -0.507 e. The molecule has 0 radical (unpaired) electrons. The molecular weight excluding hydrogens is 221 g/mol. The van der Waals surface area contributed by atoms with E-state index in [0.717, 1.165) is 0 Å². The van der Waals surface area contributed by atoms with Gasteiger partial charge in [-0.1, -0.05) is 0 Å². The van der Waals surface area contributed by atoms with Gasteiger partial charge in [0.2, 0.25) is 0 Å². The van der Waals surface area contributed by atoms with Crippen molar-refractivity contribution in [3.8, 4) is 5.75 Å². The molecule has 0 spiro atoms. The van der Waals surface area contributed by atoms with E-state index in [1.165, 1.54) is 0 Å². The van der Waals surface area contributed by atoms with Crippen LogP contribution in [-0.4, -0.2) is 11.3 Å². The average molecular weight is 227 g/mol. The number of alkyl halides is 3. The summed E-state index contributed by atoms with van der Waals surface area (Å²) in [7, 11) is 0. The van der Waals surface area contributed by atoms with Crippen LogP contribution in [0.2, 0.25) is 0 Å². The van der Waals surface area contributed by atoms with Gasteiger partial charge in [-0.3, -0.25) is 0 Å². The minimum absolute atomic E-state index is 0.223. The van der Waals surface area contributed by atoms with Crippen LogP contribution < -0.4 is 5.73 Å². The van der Waals surface area contributed by atoms with Gasteiger partial charge in [-0.25, -0.2) is 8.78 Å². The Balaban J connectivity index is 3.26. The van der Waals surface area contributed by atoms with Crippen LogP contribution >= 0.6 is 0 Å². The zero-order valence-corrected chi connectivity index (χ0v) is 7.15. The summed E-state index contributed by atoms with van der Waals surface area (Å²) in [4.78, 5) is 0. The maximum Gasteiger partial charge on any atom is 0.407 e. The van der Waals surface area contributed by atoms with Crippen molar-refractivity contribution in [2.24, 2.45) is 5.73 Å². The van der Waals surface area contributed by atoms with E-state index < -0.39 is 35.2 Å². The fraction of sp³-hybridized carbons (Fsp3) is 0.250. The summed E-state index contributed by atoms with van der Waals surface area (Å²) in [6.07, 6.45) is -4.91. The second kappa shape index (κ2) is 3.65. The fourth-order valence-electron chi connectivity index (χ4n) is 1.04. The van der Waals surface area contributed by atoms with Crippen molar-refractivity contribution in [2.75, 3.05) is 0 Å². The van der Waals surface area contributed by atoms with Crippen molar-refractivity contribution in [3.63, 3.8) is 0 Å². The molecule has 0 amide bonds. The van der Waals surface area contributed by atoms with Gasteiger partial charge in [0.1, 0.15) is 23.4 Å². The van der Waals surface area contributed by atoms with Crippen LogP contribution in [0, 0.1) is 11.6 Å². The maximum atomic E-state index is 12.9. The summed E-state index contributed by atoms with van der Waals surface area (Å²) >= 11 is 0. The predicted octanol–water partition coefficient (Wildman–Crippen LogP) is 2.23. The molecule has 0 aliphatic heterocycles. The van der Waals surface area contributed by atoms with Crippen molar-refractivity contribution in [1.29, 1.82) is 0 Å². The Morgan fingerprint density at radius 3 is 2.13 bits per heavy atom. The Hall–Kier alpha value is -1.37. The first-order valence-electron chi connectivity index (χ1n) is 3.73. The average Bonchev–Trinajstić information content (AvgIpc) is 1.99. The molecule has 84 valence electrons. The molecule has 7 heteroatoms. The van der Waals surface area contributed by atoms with Crippen LogP contribution in [0.15, 0.2) is 12.1 Å². The van der Waals surface area contributed by atoms with E-state index in [1.807, 2.05) is 0 Å². The lowest BCUT2D eigenvalue weighted by Crippen LogP contribution is -2.29. The highest BCUT2D eigenvalue weighted by Gasteiger charge is 2.41. The molecule has 0 unspecified atom stereocenters. The van der Waals surface area contributed by atoms with Gasteiger partial charge in [-0.15, -0.1) is 0 Å². The molecule has 3 N–H and O–H groups in total. The third-order valence-corrected chi connectivity index (χ3v) is 1.74. The van der Waals surface area contributed by atoms with Gasteiger partial charge >= 0.3 is 6.18 Å². The van der Waals surface area contributed by atoms with Gasteiger partial charge in [0.15, 0.2) is 0 Å². The van der Waals surface area contributed by atoms with Crippen LogP contribution in [0.25, 0.3) is 0 Å². The Kier molecular flexibility index (Phi) is 2.85. The third-order valence-electron chi connectivity index (χ3n) is 1.74. The maximum absolute atomic E-state index is 12.9. The molecule has 0 aliphatic rings. The topological polar surface area (TPSA) is 46.2 Å². The number of phenols is 1. The first-order valence-corrected chi connectivity index (χ1v) is 3.73. The Labute approximate surface area is 81.1 Å². The number of rotatable bonds is 1. The highest BCUT2D eigenvalue weighted by molar-refractivity contribution is 5.37. The van der Waals surface area contributed by atoms with E-state index in [4.69, 9.17) is 5.11 Å². The largest absolute Gasteiger partial charge is 0.507 e. The molecule has 1 atom stereocenters. The fourth-order valence-corrected chi connectivity index (χ4v) is 1.04. The number of nitrogens with two attached hydrogens (primary N) is 1. The molecule has 0 saturated carbocycles. The lowest BCUT2D eigenvalue weighted by atomic mass is 10.1. The molecule has 0 bridgehead atoms. The number of hydrogen-bond acceptors (Lipinski definition) is 2. The molecule has 1 rings (SSSR count). The second-order valence-electron chi connectivity index (χ2n) is 2.84. The van der Waals surface area contributed by atoms with Crippen molar-refractivity contribution in [2.45, 2.75) is 12.2 Å². The van der Waals surface area contributed by atoms with E-state index >= 15 is 0 Å². The zero-order chi connectivity index (χ0) is 11.8. The van der Waals surface area contributed by atoms with Crippen molar-refractivity contribution >= 4 is 0 Å². The van der Waals surface area contributed by atoms with E-state index in [1.54, 1.807) is 0 Å². The van der Waals surface area contributed by atoms with Crippen LogP contribution in [0.3, 0.4) is 0 Å². The molecule has 1 aromatic rings. The standard InChI is InChI=1S/C8H6F5NO/c9-3-1-4(10)6(5(15)2-3)7(14)8(11,12)13/h1-2,7,15H,14H2/t7-/m0/s1. The lowest BCUT2D eigenvalue weighted by Gasteiger charge is -2.17. The molecule has 1 aromatic carbocycles. The number of hydrogen-bond donors (Lipinski definition) is 2. The number of aromatic hydroxyl groups is 1. The molecule has 0 fully saturated rings.